The zero-order valence-corrected chi connectivity index (χ0v) is 15.9. The summed E-state index contributed by atoms with van der Waals surface area (Å²) in [6.07, 6.45) is 2.15. The number of nitrogens with one attached hydrogen (secondary N) is 1. The van der Waals surface area contributed by atoms with Crippen molar-refractivity contribution in [3.05, 3.63) is 58.2 Å². The summed E-state index contributed by atoms with van der Waals surface area (Å²) in [6, 6.07) is 9.78. The number of aryl methyl sites for hydroxylation is 2. The second-order valence-corrected chi connectivity index (χ2v) is 6.90. The topological polar surface area (TPSA) is 69.0 Å². The second kappa shape index (κ2) is 8.14. The van der Waals surface area contributed by atoms with Crippen LogP contribution in [0.15, 0.2) is 41.9 Å². The van der Waals surface area contributed by atoms with Gasteiger partial charge in [-0.3, -0.25) is 4.79 Å². The Kier molecular flexibility index (Phi) is 5.68. The van der Waals surface area contributed by atoms with Crippen LogP contribution in [0.1, 0.15) is 30.1 Å². The van der Waals surface area contributed by atoms with Gasteiger partial charge in [-0.2, -0.15) is 0 Å². The van der Waals surface area contributed by atoms with Crippen LogP contribution in [-0.2, 0) is 17.8 Å². The molecule has 1 atom stereocenters. The van der Waals surface area contributed by atoms with E-state index in [0.717, 1.165) is 28.4 Å². The third-order valence-electron chi connectivity index (χ3n) is 3.88. The van der Waals surface area contributed by atoms with Crippen molar-refractivity contribution in [1.82, 2.24) is 20.1 Å². The molecule has 0 spiro atoms. The Bertz CT molecular complexity index is 873. The second-order valence-electron chi connectivity index (χ2n) is 5.96. The van der Waals surface area contributed by atoms with Crippen molar-refractivity contribution in [3.63, 3.8) is 0 Å². The molecule has 0 radical (unpaired) electrons. The molecular formula is C19H22N4O2S. The molecule has 0 unspecified atom stereocenters. The molecule has 0 fully saturated rings. The molecule has 0 bridgehead atoms. The summed E-state index contributed by atoms with van der Waals surface area (Å²) in [5.74, 6) is 0.267. The van der Waals surface area contributed by atoms with Gasteiger partial charge in [-0.05, 0) is 32.4 Å². The summed E-state index contributed by atoms with van der Waals surface area (Å²) in [7, 11) is 0. The standard InChI is InChI=1S/C19H22N4O2S/c1-4-17-21-15(12-26-17)10-20-18(24)14(3)25-19-13(2)11-23(22-19)16-8-6-5-7-9-16/h5-9,11-12,14H,4,10H2,1-3H3,(H,20,24)/t14-/m1/s1. The Balaban J connectivity index is 1.59. The molecule has 26 heavy (non-hydrogen) atoms. The summed E-state index contributed by atoms with van der Waals surface area (Å²) in [5, 5.41) is 10.3. The number of ether oxygens (including phenoxy) is 1. The van der Waals surface area contributed by atoms with E-state index in [1.165, 1.54) is 0 Å². The third-order valence-corrected chi connectivity index (χ3v) is 4.92. The lowest BCUT2D eigenvalue weighted by molar-refractivity contribution is -0.127. The van der Waals surface area contributed by atoms with Crippen LogP contribution < -0.4 is 10.1 Å². The Morgan fingerprint density at radius 1 is 1.35 bits per heavy atom. The van der Waals surface area contributed by atoms with Crippen LogP contribution in [0.3, 0.4) is 0 Å². The average molecular weight is 370 g/mol. The first kappa shape index (κ1) is 18.1. The molecular weight excluding hydrogens is 348 g/mol. The lowest BCUT2D eigenvalue weighted by atomic mass is 10.3. The maximum Gasteiger partial charge on any atom is 0.261 e. The first-order chi connectivity index (χ1) is 12.6. The van der Waals surface area contributed by atoms with Crippen molar-refractivity contribution >= 4 is 17.2 Å². The van der Waals surface area contributed by atoms with Gasteiger partial charge in [0.15, 0.2) is 6.10 Å². The van der Waals surface area contributed by atoms with Crippen LogP contribution in [0, 0.1) is 6.92 Å². The molecule has 3 aromatic rings. The number of aromatic nitrogens is 3. The van der Waals surface area contributed by atoms with E-state index in [1.54, 1.807) is 22.9 Å². The van der Waals surface area contributed by atoms with Crippen LogP contribution in [0.5, 0.6) is 5.88 Å². The van der Waals surface area contributed by atoms with Crippen LogP contribution >= 0.6 is 11.3 Å². The highest BCUT2D eigenvalue weighted by Crippen LogP contribution is 2.19. The minimum Gasteiger partial charge on any atom is -0.463 e. The molecule has 6 nitrogen and oxygen atoms in total. The molecule has 136 valence electrons. The van der Waals surface area contributed by atoms with Gasteiger partial charge in [0.05, 0.1) is 22.9 Å². The molecule has 1 amide bonds. The smallest absolute Gasteiger partial charge is 0.261 e. The fraction of sp³-hybridized carbons (Fsp3) is 0.316. The van der Waals surface area contributed by atoms with Gasteiger partial charge in [0.1, 0.15) is 0 Å². The minimum absolute atomic E-state index is 0.190. The summed E-state index contributed by atoms with van der Waals surface area (Å²) in [4.78, 5) is 16.7. The van der Waals surface area contributed by atoms with Gasteiger partial charge < -0.3 is 10.1 Å². The number of thiazole rings is 1. The SMILES string of the molecule is CCc1nc(CNC(=O)[C@@H](C)Oc2nn(-c3ccccc3)cc2C)cs1. The van der Waals surface area contributed by atoms with Crippen molar-refractivity contribution < 1.29 is 9.53 Å². The van der Waals surface area contributed by atoms with E-state index < -0.39 is 6.10 Å². The van der Waals surface area contributed by atoms with E-state index >= 15 is 0 Å². The molecule has 0 saturated heterocycles. The third kappa shape index (κ3) is 4.29. The predicted molar refractivity (Wildman–Crippen MR) is 102 cm³/mol. The quantitative estimate of drug-likeness (QED) is 0.693. The lowest BCUT2D eigenvalue weighted by Crippen LogP contribution is -2.36. The van der Waals surface area contributed by atoms with Gasteiger partial charge in [-0.1, -0.05) is 25.1 Å². The van der Waals surface area contributed by atoms with Gasteiger partial charge in [-0.15, -0.1) is 16.4 Å². The van der Waals surface area contributed by atoms with E-state index in [1.807, 2.05) is 48.8 Å². The van der Waals surface area contributed by atoms with Crippen LogP contribution in [-0.4, -0.2) is 26.8 Å². The average Bonchev–Trinajstić information content (AvgIpc) is 3.27. The predicted octanol–water partition coefficient (Wildman–Crippen LogP) is 3.28. The number of hydrogen-bond donors (Lipinski definition) is 1. The molecule has 2 heterocycles. The first-order valence-corrected chi connectivity index (χ1v) is 9.44. The zero-order chi connectivity index (χ0) is 18.5. The maximum absolute atomic E-state index is 12.3. The molecule has 1 N–H and O–H groups in total. The van der Waals surface area contributed by atoms with E-state index in [2.05, 4.69) is 22.3 Å². The van der Waals surface area contributed by atoms with Crippen LogP contribution in [0.25, 0.3) is 5.69 Å². The summed E-state index contributed by atoms with van der Waals surface area (Å²) in [5.41, 5.74) is 2.69. The highest BCUT2D eigenvalue weighted by atomic mass is 32.1. The van der Waals surface area contributed by atoms with Crippen LogP contribution in [0.4, 0.5) is 0 Å². The Morgan fingerprint density at radius 2 is 2.12 bits per heavy atom. The fourth-order valence-corrected chi connectivity index (χ4v) is 3.15. The maximum atomic E-state index is 12.3. The van der Waals surface area contributed by atoms with Gasteiger partial charge in [0.2, 0.25) is 5.88 Å². The van der Waals surface area contributed by atoms with Crippen molar-refractivity contribution in [3.8, 4) is 11.6 Å². The number of amides is 1. The highest BCUT2D eigenvalue weighted by molar-refractivity contribution is 7.09. The van der Waals surface area contributed by atoms with E-state index in [-0.39, 0.29) is 5.91 Å². The number of carbonyl (C=O) groups excluding carboxylic acids is 1. The van der Waals surface area contributed by atoms with Crippen molar-refractivity contribution in [2.24, 2.45) is 0 Å². The minimum atomic E-state index is -0.642. The summed E-state index contributed by atoms with van der Waals surface area (Å²) >= 11 is 1.61. The molecule has 1 aromatic carbocycles. The molecule has 7 heteroatoms. The monoisotopic (exact) mass is 370 g/mol. The Labute approximate surface area is 156 Å². The molecule has 0 aliphatic rings. The number of para-hydroxylation sites is 1. The molecule has 3 rings (SSSR count). The lowest BCUT2D eigenvalue weighted by Gasteiger charge is -2.13. The van der Waals surface area contributed by atoms with E-state index in [9.17, 15) is 4.79 Å². The van der Waals surface area contributed by atoms with Crippen molar-refractivity contribution in [1.29, 1.82) is 0 Å². The zero-order valence-electron chi connectivity index (χ0n) is 15.1. The van der Waals surface area contributed by atoms with Crippen molar-refractivity contribution in [2.45, 2.75) is 39.8 Å². The number of carbonyl (C=O) groups is 1. The molecule has 0 saturated carbocycles. The van der Waals surface area contributed by atoms with Gasteiger partial charge in [-0.25, -0.2) is 9.67 Å². The number of nitrogens with zero attached hydrogens (tertiary/aromatic N) is 3. The summed E-state index contributed by atoms with van der Waals surface area (Å²) in [6.45, 7) is 6.09. The molecule has 0 aliphatic carbocycles. The van der Waals surface area contributed by atoms with E-state index in [0.29, 0.717) is 12.4 Å². The highest BCUT2D eigenvalue weighted by Gasteiger charge is 2.18. The Morgan fingerprint density at radius 3 is 2.81 bits per heavy atom. The number of rotatable bonds is 7. The van der Waals surface area contributed by atoms with Gasteiger partial charge in [0.25, 0.3) is 5.91 Å². The van der Waals surface area contributed by atoms with Crippen molar-refractivity contribution in [2.75, 3.05) is 0 Å². The Hall–Kier alpha value is -2.67. The normalized spacial score (nSPS) is 12.0. The molecule has 0 aliphatic heterocycles. The van der Waals surface area contributed by atoms with Crippen LogP contribution in [0.2, 0.25) is 0 Å². The summed E-state index contributed by atoms with van der Waals surface area (Å²) < 4.78 is 7.51. The largest absolute Gasteiger partial charge is 0.463 e. The molecule has 2 aromatic heterocycles. The van der Waals surface area contributed by atoms with Gasteiger partial charge >= 0.3 is 0 Å². The van der Waals surface area contributed by atoms with E-state index in [4.69, 9.17) is 4.74 Å². The number of benzene rings is 1. The van der Waals surface area contributed by atoms with Gasteiger partial charge in [0, 0.05) is 17.1 Å². The first-order valence-electron chi connectivity index (χ1n) is 8.56. The fourth-order valence-electron chi connectivity index (χ4n) is 2.41. The number of hydrogen-bond acceptors (Lipinski definition) is 5.